The summed E-state index contributed by atoms with van der Waals surface area (Å²) < 4.78 is 0. The highest BCUT2D eigenvalue weighted by atomic mass is 32.1. The van der Waals surface area contributed by atoms with E-state index in [4.69, 9.17) is 10.8 Å². The first kappa shape index (κ1) is 12.9. The second-order valence-electron chi connectivity index (χ2n) is 4.82. The predicted molar refractivity (Wildman–Crippen MR) is 79.4 cm³/mol. The molecule has 1 aliphatic heterocycles. The molecular formula is C14H15N3O2S. The Hall–Kier alpha value is -2.08. The number of thiophene rings is 1. The Morgan fingerprint density at radius 2 is 2.35 bits per heavy atom. The van der Waals surface area contributed by atoms with E-state index in [9.17, 15) is 4.79 Å². The molecule has 6 heteroatoms. The van der Waals surface area contributed by atoms with Gasteiger partial charge >= 0.3 is 5.97 Å². The van der Waals surface area contributed by atoms with Gasteiger partial charge < -0.3 is 15.7 Å². The number of fused-ring (bicyclic) bond motifs is 1. The maximum atomic E-state index is 11.2. The van der Waals surface area contributed by atoms with E-state index in [1.54, 1.807) is 11.3 Å². The summed E-state index contributed by atoms with van der Waals surface area (Å²) in [5.74, 6) is -0.457. The van der Waals surface area contributed by atoms with E-state index in [0.29, 0.717) is 5.82 Å². The zero-order chi connectivity index (χ0) is 14.3. The number of nitrogen functional groups attached to an aromatic ring is 1. The molecule has 3 heterocycles. The van der Waals surface area contributed by atoms with Crippen molar-refractivity contribution in [2.24, 2.45) is 0 Å². The molecule has 2 aromatic rings. The number of aromatic nitrogens is 1. The minimum Gasteiger partial charge on any atom is -0.478 e. The molecule has 0 radical (unpaired) electrons. The van der Waals surface area contributed by atoms with E-state index in [1.165, 1.54) is 22.7 Å². The summed E-state index contributed by atoms with van der Waals surface area (Å²) in [7, 11) is 0. The molecule has 1 unspecified atom stereocenters. The van der Waals surface area contributed by atoms with Gasteiger partial charge in [0.2, 0.25) is 0 Å². The maximum absolute atomic E-state index is 11.2. The Labute approximate surface area is 120 Å². The molecule has 3 rings (SSSR count). The van der Waals surface area contributed by atoms with Gasteiger partial charge in [-0.05, 0) is 36.4 Å². The lowest BCUT2D eigenvalue weighted by Gasteiger charge is -2.35. The van der Waals surface area contributed by atoms with Gasteiger partial charge in [-0.15, -0.1) is 11.3 Å². The Morgan fingerprint density at radius 3 is 3.10 bits per heavy atom. The van der Waals surface area contributed by atoms with Gasteiger partial charge in [-0.3, -0.25) is 0 Å². The van der Waals surface area contributed by atoms with Crippen LogP contribution in [0.2, 0.25) is 0 Å². The first-order chi connectivity index (χ1) is 9.59. The molecule has 0 saturated carbocycles. The van der Waals surface area contributed by atoms with Crippen molar-refractivity contribution >= 4 is 28.8 Å². The lowest BCUT2D eigenvalue weighted by molar-refractivity contribution is 0.0698. The number of carbonyl (C=O) groups is 1. The number of hydrogen-bond acceptors (Lipinski definition) is 5. The second kappa shape index (κ2) is 4.79. The first-order valence-electron chi connectivity index (χ1n) is 6.40. The zero-order valence-electron chi connectivity index (χ0n) is 11.0. The van der Waals surface area contributed by atoms with Crippen LogP contribution in [-0.2, 0) is 6.42 Å². The van der Waals surface area contributed by atoms with Gasteiger partial charge in [0.25, 0.3) is 0 Å². The molecule has 0 aromatic carbocycles. The fourth-order valence-corrected chi connectivity index (χ4v) is 3.64. The number of nitrogens with zero attached hydrogens (tertiary/aromatic N) is 2. The van der Waals surface area contributed by atoms with Gasteiger partial charge in [0.05, 0.1) is 17.3 Å². The number of carboxylic acids is 1. The lowest BCUT2D eigenvalue weighted by atomic mass is 10.0. The van der Waals surface area contributed by atoms with Crippen molar-refractivity contribution < 1.29 is 9.90 Å². The summed E-state index contributed by atoms with van der Waals surface area (Å²) >= 11 is 1.77. The summed E-state index contributed by atoms with van der Waals surface area (Å²) in [4.78, 5) is 18.9. The van der Waals surface area contributed by atoms with E-state index in [-0.39, 0.29) is 17.3 Å². The number of hydrogen-bond donors (Lipinski definition) is 2. The van der Waals surface area contributed by atoms with Crippen LogP contribution in [0.5, 0.6) is 0 Å². The molecule has 0 spiro atoms. The van der Waals surface area contributed by atoms with Crippen LogP contribution in [0.1, 0.15) is 33.8 Å². The summed E-state index contributed by atoms with van der Waals surface area (Å²) in [6.07, 6.45) is 2.45. The molecule has 0 bridgehead atoms. The van der Waals surface area contributed by atoms with Gasteiger partial charge in [0.15, 0.2) is 5.82 Å². The maximum Gasteiger partial charge on any atom is 0.337 e. The molecule has 0 fully saturated rings. The van der Waals surface area contributed by atoms with Crippen molar-refractivity contribution in [3.8, 4) is 0 Å². The largest absolute Gasteiger partial charge is 0.478 e. The van der Waals surface area contributed by atoms with E-state index < -0.39 is 5.97 Å². The standard InChI is InChI=1S/C14H15N3O2S/c1-8-9-4-7-20-11(9)3-6-17(8)13-12(15)10(14(18)19)2-5-16-13/h2,4-5,7-8H,3,6,15H2,1H3,(H,18,19). The summed E-state index contributed by atoms with van der Waals surface area (Å²) in [6, 6.07) is 3.71. The average molecular weight is 289 g/mol. The number of rotatable bonds is 2. The van der Waals surface area contributed by atoms with Crippen molar-refractivity contribution in [1.29, 1.82) is 0 Å². The van der Waals surface area contributed by atoms with Crippen LogP contribution in [-0.4, -0.2) is 22.6 Å². The molecule has 104 valence electrons. The smallest absolute Gasteiger partial charge is 0.337 e. The number of nitrogens with two attached hydrogens (primary N) is 1. The predicted octanol–water partition coefficient (Wildman–Crippen LogP) is 2.55. The third-order valence-electron chi connectivity index (χ3n) is 3.75. The zero-order valence-corrected chi connectivity index (χ0v) is 11.9. The molecule has 0 amide bonds. The van der Waals surface area contributed by atoms with E-state index in [2.05, 4.69) is 28.3 Å². The highest BCUT2D eigenvalue weighted by molar-refractivity contribution is 7.10. The minimum absolute atomic E-state index is 0.110. The minimum atomic E-state index is -1.02. The van der Waals surface area contributed by atoms with E-state index in [0.717, 1.165) is 13.0 Å². The summed E-state index contributed by atoms with van der Waals surface area (Å²) in [5.41, 5.74) is 7.62. The molecule has 0 aliphatic carbocycles. The lowest BCUT2D eigenvalue weighted by Crippen LogP contribution is -2.34. The second-order valence-corrected chi connectivity index (χ2v) is 5.82. The Morgan fingerprint density at radius 1 is 1.55 bits per heavy atom. The van der Waals surface area contributed by atoms with Crippen LogP contribution in [0.25, 0.3) is 0 Å². The Bertz CT molecular complexity index is 668. The number of aromatic carboxylic acids is 1. The molecule has 0 saturated heterocycles. The Balaban J connectivity index is 2.03. The highest BCUT2D eigenvalue weighted by Crippen LogP contribution is 2.37. The van der Waals surface area contributed by atoms with Crippen LogP contribution < -0.4 is 10.6 Å². The van der Waals surface area contributed by atoms with Crippen LogP contribution >= 0.6 is 11.3 Å². The van der Waals surface area contributed by atoms with E-state index >= 15 is 0 Å². The molecule has 2 aromatic heterocycles. The molecule has 3 N–H and O–H groups in total. The SMILES string of the molecule is CC1c2ccsc2CCN1c1nccc(C(=O)O)c1N. The van der Waals surface area contributed by atoms with Crippen molar-refractivity contribution in [1.82, 2.24) is 4.98 Å². The van der Waals surface area contributed by atoms with Gasteiger partial charge in [-0.2, -0.15) is 0 Å². The van der Waals surface area contributed by atoms with Gasteiger partial charge in [-0.1, -0.05) is 0 Å². The normalized spacial score (nSPS) is 17.9. The van der Waals surface area contributed by atoms with Gasteiger partial charge in [0.1, 0.15) is 0 Å². The van der Waals surface area contributed by atoms with Crippen LogP contribution in [0.15, 0.2) is 23.7 Å². The number of anilines is 2. The third-order valence-corrected chi connectivity index (χ3v) is 4.75. The number of pyridine rings is 1. The molecule has 20 heavy (non-hydrogen) atoms. The van der Waals surface area contributed by atoms with Crippen LogP contribution in [0.3, 0.4) is 0 Å². The number of carboxylic acid groups (broad SMARTS) is 1. The van der Waals surface area contributed by atoms with Crippen LogP contribution in [0.4, 0.5) is 11.5 Å². The fourth-order valence-electron chi connectivity index (χ4n) is 2.68. The Kier molecular flexibility index (Phi) is 3.10. The van der Waals surface area contributed by atoms with Crippen molar-refractivity contribution in [2.75, 3.05) is 17.2 Å². The average Bonchev–Trinajstić information content (AvgIpc) is 2.89. The summed E-state index contributed by atoms with van der Waals surface area (Å²) in [5, 5.41) is 11.2. The molecule has 1 atom stereocenters. The fraction of sp³-hybridized carbons (Fsp3) is 0.286. The third kappa shape index (κ3) is 1.92. The molecule has 1 aliphatic rings. The topological polar surface area (TPSA) is 79.5 Å². The molecule has 5 nitrogen and oxygen atoms in total. The van der Waals surface area contributed by atoms with Gasteiger partial charge in [0, 0.05) is 17.6 Å². The molecular weight excluding hydrogens is 274 g/mol. The van der Waals surface area contributed by atoms with Gasteiger partial charge in [-0.25, -0.2) is 9.78 Å². The van der Waals surface area contributed by atoms with Crippen molar-refractivity contribution in [3.63, 3.8) is 0 Å². The van der Waals surface area contributed by atoms with E-state index in [1.807, 2.05) is 0 Å². The summed E-state index contributed by atoms with van der Waals surface area (Å²) in [6.45, 7) is 2.90. The van der Waals surface area contributed by atoms with Crippen molar-refractivity contribution in [3.05, 3.63) is 39.7 Å². The monoisotopic (exact) mass is 289 g/mol. The highest BCUT2D eigenvalue weighted by Gasteiger charge is 2.28. The first-order valence-corrected chi connectivity index (χ1v) is 7.28. The van der Waals surface area contributed by atoms with Crippen molar-refractivity contribution in [2.45, 2.75) is 19.4 Å². The quantitative estimate of drug-likeness (QED) is 0.888. The van der Waals surface area contributed by atoms with Crippen LogP contribution in [0, 0.1) is 0 Å².